The van der Waals surface area contributed by atoms with E-state index in [9.17, 15) is 19.8 Å². The van der Waals surface area contributed by atoms with Crippen LogP contribution in [0.2, 0.25) is 0 Å². The second-order valence-corrected chi connectivity index (χ2v) is 9.57. The number of aromatic nitrogens is 4. The smallest absolute Gasteiger partial charge is 0.243 e. The summed E-state index contributed by atoms with van der Waals surface area (Å²) in [6.07, 6.45) is 2.83. The van der Waals surface area contributed by atoms with Gasteiger partial charge in [0.1, 0.15) is 6.04 Å². The molecule has 2 amide bonds. The summed E-state index contributed by atoms with van der Waals surface area (Å²) in [5.41, 5.74) is 3.35. The second kappa shape index (κ2) is 12.3. The van der Waals surface area contributed by atoms with E-state index < -0.39 is 24.1 Å². The van der Waals surface area contributed by atoms with Crippen LogP contribution in [0.3, 0.4) is 0 Å². The molecule has 4 atom stereocenters. The Kier molecular flexibility index (Phi) is 9.45. The minimum atomic E-state index is -0.786. The number of carbonyl (C=O) groups is 2. The molecule has 1 aromatic carbocycles. The molecule has 10 nitrogen and oxygen atoms in total. The molecule has 0 radical (unpaired) electrons. The van der Waals surface area contributed by atoms with E-state index in [4.69, 9.17) is 0 Å². The number of β-amino-alcohol motifs (C(OH)–C–C–N with tert-alkyl or cyclic N) is 1. The standard InChI is InChI=1S/C25H34N6O4.C2H6/c1-5-31-21(8-9-27-31)18-7-6-17(19-11-26-29-23(18)19)20(13-32)28-24(34)22-10-16(33)12-30(22)25(35)15(4)14(2)3;1-2/h6-9,11,14-16,20,22,32-33H,5,10,12-13H2,1-4H3,(H,26,29)(H,28,34);1-2H3. The minimum Gasteiger partial charge on any atom is -0.394 e. The quantitative estimate of drug-likeness (QED) is 0.366. The fraction of sp³-hybridized carbons (Fsp3) is 0.556. The van der Waals surface area contributed by atoms with Gasteiger partial charge in [-0.15, -0.1) is 0 Å². The third kappa shape index (κ3) is 5.70. The van der Waals surface area contributed by atoms with Crippen molar-refractivity contribution in [1.29, 1.82) is 0 Å². The number of aliphatic hydroxyl groups excluding tert-OH is 2. The monoisotopic (exact) mass is 512 g/mol. The average molecular weight is 513 g/mol. The number of hydrogen-bond donors (Lipinski definition) is 4. The van der Waals surface area contributed by atoms with E-state index in [-0.39, 0.29) is 37.3 Å². The normalized spacial score (nSPS) is 19.0. The lowest BCUT2D eigenvalue weighted by Gasteiger charge is -2.29. The summed E-state index contributed by atoms with van der Waals surface area (Å²) in [5, 5.41) is 35.7. The van der Waals surface area contributed by atoms with Gasteiger partial charge in [0.05, 0.1) is 36.2 Å². The van der Waals surface area contributed by atoms with E-state index in [1.807, 2.05) is 64.4 Å². The molecule has 2 aromatic heterocycles. The summed E-state index contributed by atoms with van der Waals surface area (Å²) in [6.45, 7) is 12.3. The highest BCUT2D eigenvalue weighted by Gasteiger charge is 2.41. The van der Waals surface area contributed by atoms with Gasteiger partial charge in [-0.2, -0.15) is 10.2 Å². The van der Waals surface area contributed by atoms with Gasteiger partial charge >= 0.3 is 0 Å². The second-order valence-electron chi connectivity index (χ2n) is 9.57. The summed E-state index contributed by atoms with van der Waals surface area (Å²) < 4.78 is 1.88. The van der Waals surface area contributed by atoms with Crippen molar-refractivity contribution in [2.45, 2.75) is 72.7 Å². The first-order chi connectivity index (χ1) is 17.8. The molecule has 3 aromatic rings. The number of benzene rings is 1. The molecule has 4 N–H and O–H groups in total. The number of aryl methyl sites for hydroxylation is 1. The van der Waals surface area contributed by atoms with Crippen LogP contribution in [0.1, 0.15) is 59.6 Å². The zero-order valence-corrected chi connectivity index (χ0v) is 22.6. The Balaban J connectivity index is 0.00000186. The third-order valence-corrected chi connectivity index (χ3v) is 7.07. The molecule has 4 unspecified atom stereocenters. The number of fused-ring (bicyclic) bond motifs is 1. The van der Waals surface area contributed by atoms with Gasteiger partial charge in [0.2, 0.25) is 11.8 Å². The highest BCUT2D eigenvalue weighted by atomic mass is 16.3. The number of amides is 2. The average Bonchev–Trinajstić information content (AvgIpc) is 3.66. The Labute approximate surface area is 218 Å². The molecule has 1 aliphatic heterocycles. The van der Waals surface area contributed by atoms with Gasteiger partial charge in [-0.3, -0.25) is 19.4 Å². The maximum Gasteiger partial charge on any atom is 0.243 e. The van der Waals surface area contributed by atoms with Crippen LogP contribution >= 0.6 is 0 Å². The van der Waals surface area contributed by atoms with Crippen molar-refractivity contribution in [2.75, 3.05) is 13.2 Å². The molecule has 37 heavy (non-hydrogen) atoms. The molecule has 0 aliphatic carbocycles. The number of likely N-dealkylation sites (tertiary alicyclic amines) is 1. The zero-order valence-electron chi connectivity index (χ0n) is 22.6. The number of nitrogens with one attached hydrogen (secondary N) is 2. The van der Waals surface area contributed by atoms with Crippen molar-refractivity contribution in [1.82, 2.24) is 30.2 Å². The van der Waals surface area contributed by atoms with Crippen LogP contribution in [0.4, 0.5) is 0 Å². The molecule has 3 heterocycles. The van der Waals surface area contributed by atoms with Gasteiger partial charge in [-0.25, -0.2) is 0 Å². The van der Waals surface area contributed by atoms with Gasteiger partial charge in [0.15, 0.2) is 0 Å². The molecule has 0 bridgehead atoms. The van der Waals surface area contributed by atoms with Crippen molar-refractivity contribution in [3.63, 3.8) is 0 Å². The Bertz CT molecular complexity index is 1200. The van der Waals surface area contributed by atoms with E-state index in [2.05, 4.69) is 20.6 Å². The number of aliphatic hydroxyl groups is 2. The van der Waals surface area contributed by atoms with Crippen LogP contribution in [0.25, 0.3) is 22.2 Å². The van der Waals surface area contributed by atoms with Gasteiger partial charge in [-0.05, 0) is 24.5 Å². The molecule has 10 heteroatoms. The lowest BCUT2D eigenvalue weighted by Crippen LogP contribution is -2.49. The highest BCUT2D eigenvalue weighted by molar-refractivity contribution is 5.95. The number of aromatic amines is 1. The van der Waals surface area contributed by atoms with Crippen molar-refractivity contribution in [2.24, 2.45) is 11.8 Å². The lowest BCUT2D eigenvalue weighted by atomic mass is 9.96. The summed E-state index contributed by atoms with van der Waals surface area (Å²) in [7, 11) is 0. The summed E-state index contributed by atoms with van der Waals surface area (Å²) >= 11 is 0. The molecule has 0 saturated carbocycles. The van der Waals surface area contributed by atoms with Crippen LogP contribution in [-0.2, 0) is 16.1 Å². The van der Waals surface area contributed by atoms with Crippen molar-refractivity contribution < 1.29 is 19.8 Å². The number of nitrogens with zero attached hydrogens (tertiary/aromatic N) is 4. The van der Waals surface area contributed by atoms with Gasteiger partial charge in [0, 0.05) is 42.6 Å². The molecule has 4 rings (SSSR count). The Hall–Kier alpha value is -3.24. The maximum atomic E-state index is 13.3. The Morgan fingerprint density at radius 2 is 1.95 bits per heavy atom. The molecule has 1 saturated heterocycles. The van der Waals surface area contributed by atoms with Crippen LogP contribution in [0.5, 0.6) is 0 Å². The first kappa shape index (κ1) is 28.3. The molecule has 1 aliphatic rings. The number of hydrogen-bond acceptors (Lipinski definition) is 6. The Morgan fingerprint density at radius 1 is 1.22 bits per heavy atom. The summed E-state index contributed by atoms with van der Waals surface area (Å²) in [4.78, 5) is 27.7. The van der Waals surface area contributed by atoms with Crippen LogP contribution in [0.15, 0.2) is 30.6 Å². The topological polar surface area (TPSA) is 136 Å². The van der Waals surface area contributed by atoms with E-state index in [0.717, 1.165) is 22.2 Å². The number of carbonyl (C=O) groups excluding carboxylic acids is 2. The fourth-order valence-corrected chi connectivity index (χ4v) is 4.73. The van der Waals surface area contributed by atoms with Crippen molar-refractivity contribution >= 4 is 22.7 Å². The number of H-pyrrole nitrogens is 1. The van der Waals surface area contributed by atoms with E-state index in [1.165, 1.54) is 4.90 Å². The van der Waals surface area contributed by atoms with Crippen LogP contribution in [-0.4, -0.2) is 72.2 Å². The highest BCUT2D eigenvalue weighted by Crippen LogP contribution is 2.32. The van der Waals surface area contributed by atoms with E-state index in [1.54, 1.807) is 12.4 Å². The van der Waals surface area contributed by atoms with Crippen molar-refractivity contribution in [3.8, 4) is 11.3 Å². The first-order valence-electron chi connectivity index (χ1n) is 13.1. The predicted octanol–water partition coefficient (Wildman–Crippen LogP) is 2.88. The lowest BCUT2D eigenvalue weighted by molar-refractivity contribution is -0.142. The fourth-order valence-electron chi connectivity index (χ4n) is 4.73. The molecular weight excluding hydrogens is 472 g/mol. The maximum absolute atomic E-state index is 13.3. The van der Waals surface area contributed by atoms with Crippen LogP contribution < -0.4 is 5.32 Å². The SMILES string of the molecule is CC.CCn1nccc1-c1ccc(C(CO)NC(=O)C2CC(O)CN2C(=O)C(C)C(C)C)c2cn[nH]c12. The molecule has 1 fully saturated rings. The van der Waals surface area contributed by atoms with Crippen LogP contribution in [0, 0.1) is 11.8 Å². The summed E-state index contributed by atoms with van der Waals surface area (Å²) in [6, 6.07) is 4.23. The third-order valence-electron chi connectivity index (χ3n) is 7.07. The molecular formula is C27H40N6O4. The largest absolute Gasteiger partial charge is 0.394 e. The van der Waals surface area contributed by atoms with E-state index in [0.29, 0.717) is 12.1 Å². The van der Waals surface area contributed by atoms with E-state index >= 15 is 0 Å². The summed E-state index contributed by atoms with van der Waals surface area (Å²) in [5.74, 6) is -0.689. The Morgan fingerprint density at radius 3 is 2.59 bits per heavy atom. The molecule has 202 valence electrons. The van der Waals surface area contributed by atoms with Gasteiger partial charge in [0.25, 0.3) is 0 Å². The predicted molar refractivity (Wildman–Crippen MR) is 142 cm³/mol. The minimum absolute atomic E-state index is 0.117. The van der Waals surface area contributed by atoms with Crippen molar-refractivity contribution in [3.05, 3.63) is 36.2 Å². The first-order valence-corrected chi connectivity index (χ1v) is 13.1. The zero-order chi connectivity index (χ0) is 27.3. The van der Waals surface area contributed by atoms with Gasteiger partial charge in [-0.1, -0.05) is 46.8 Å². The van der Waals surface area contributed by atoms with Gasteiger partial charge < -0.3 is 20.4 Å². The molecule has 0 spiro atoms. The number of rotatable bonds is 8.